The molecule has 0 amide bonds. The monoisotopic (exact) mass is 438 g/mol. The summed E-state index contributed by atoms with van der Waals surface area (Å²) in [6.07, 6.45) is 11.5. The molecule has 31 heavy (non-hydrogen) atoms. The second kappa shape index (κ2) is 9.58. The molecule has 0 bridgehead atoms. The average molecular weight is 439 g/mol. The van der Waals surface area contributed by atoms with Gasteiger partial charge < -0.3 is 14.6 Å². The van der Waals surface area contributed by atoms with Crippen LogP contribution in [-0.4, -0.2) is 43.8 Å². The second-order valence-corrected chi connectivity index (χ2v) is 12.0. The molecule has 3 nitrogen and oxygen atoms in total. The third-order valence-corrected chi connectivity index (χ3v) is 10.5. The Labute approximate surface area is 189 Å². The van der Waals surface area contributed by atoms with Gasteiger partial charge in [-0.25, -0.2) is 4.39 Å². The number of halogens is 1. The molecular weight excluding hydrogens is 391 g/mol. The number of hydrogen-bond acceptors (Lipinski definition) is 3. The van der Waals surface area contributed by atoms with E-state index >= 15 is 0 Å². The number of aliphatic hydroxyl groups is 1. The van der Waals surface area contributed by atoms with Crippen LogP contribution < -0.4 is 0 Å². The van der Waals surface area contributed by atoms with E-state index in [-0.39, 0.29) is 6.10 Å². The summed E-state index contributed by atoms with van der Waals surface area (Å²) < 4.78 is 25.2. The molecule has 10 atom stereocenters. The fourth-order valence-electron chi connectivity index (χ4n) is 9.03. The molecule has 180 valence electrons. The Morgan fingerprint density at radius 2 is 1.81 bits per heavy atom. The van der Waals surface area contributed by atoms with Crippen LogP contribution in [0.25, 0.3) is 0 Å². The van der Waals surface area contributed by atoms with Crippen LogP contribution in [0.3, 0.4) is 0 Å². The SMILES string of the molecule is CCCO[C@H](COC)[C@@H](C)[C@H]1CC[C@H]2[C@@H]3CC[C@@H]4C[C@@](O)(CF)CC[C@@H]4[C@H]3CC[C@]12C. The molecule has 0 saturated heterocycles. The summed E-state index contributed by atoms with van der Waals surface area (Å²) in [6.45, 7) is 8.15. The molecule has 4 rings (SSSR count). The number of fused-ring (bicyclic) bond motifs is 5. The van der Waals surface area contributed by atoms with E-state index < -0.39 is 12.3 Å². The van der Waals surface area contributed by atoms with E-state index in [2.05, 4.69) is 20.8 Å². The predicted molar refractivity (Wildman–Crippen MR) is 123 cm³/mol. The van der Waals surface area contributed by atoms with Gasteiger partial charge in [-0.1, -0.05) is 20.8 Å². The third kappa shape index (κ3) is 4.35. The topological polar surface area (TPSA) is 38.7 Å². The zero-order valence-electron chi connectivity index (χ0n) is 20.5. The lowest BCUT2D eigenvalue weighted by Crippen LogP contribution is -2.52. The zero-order chi connectivity index (χ0) is 22.2. The van der Waals surface area contributed by atoms with Crippen molar-refractivity contribution in [2.24, 2.45) is 46.8 Å². The minimum absolute atomic E-state index is 0.204. The summed E-state index contributed by atoms with van der Waals surface area (Å²) in [4.78, 5) is 0. The van der Waals surface area contributed by atoms with Crippen molar-refractivity contribution in [3.05, 3.63) is 0 Å². The highest BCUT2D eigenvalue weighted by molar-refractivity contribution is 5.08. The fraction of sp³-hybridized carbons (Fsp3) is 1.00. The highest BCUT2D eigenvalue weighted by atomic mass is 19.1. The van der Waals surface area contributed by atoms with Gasteiger partial charge >= 0.3 is 0 Å². The lowest BCUT2D eigenvalue weighted by Gasteiger charge is -2.57. The van der Waals surface area contributed by atoms with E-state index in [0.717, 1.165) is 49.0 Å². The Morgan fingerprint density at radius 1 is 1.03 bits per heavy atom. The molecular formula is C27H47FO3. The molecule has 0 radical (unpaired) electrons. The highest BCUT2D eigenvalue weighted by Crippen LogP contribution is 2.66. The number of rotatable bonds is 8. The van der Waals surface area contributed by atoms with Crippen LogP contribution in [0.2, 0.25) is 0 Å². The molecule has 4 saturated carbocycles. The van der Waals surface area contributed by atoms with Gasteiger partial charge in [0.2, 0.25) is 0 Å². The number of alkyl halides is 1. The van der Waals surface area contributed by atoms with Gasteiger partial charge in [-0.15, -0.1) is 0 Å². The molecule has 0 aromatic carbocycles. The van der Waals surface area contributed by atoms with E-state index in [1.807, 2.05) is 0 Å². The van der Waals surface area contributed by atoms with Gasteiger partial charge in [-0.05, 0) is 111 Å². The number of hydrogen-bond donors (Lipinski definition) is 1. The maximum absolute atomic E-state index is 13.4. The molecule has 0 aliphatic heterocycles. The summed E-state index contributed by atoms with van der Waals surface area (Å²) in [5.41, 5.74) is -0.608. The van der Waals surface area contributed by atoms with Crippen molar-refractivity contribution in [2.75, 3.05) is 27.0 Å². The quantitative estimate of drug-likeness (QED) is 0.502. The van der Waals surface area contributed by atoms with Crippen molar-refractivity contribution >= 4 is 0 Å². The molecule has 4 fully saturated rings. The number of methoxy groups -OCH3 is 1. The molecule has 4 aliphatic rings. The van der Waals surface area contributed by atoms with Crippen molar-refractivity contribution in [3.63, 3.8) is 0 Å². The van der Waals surface area contributed by atoms with E-state index in [0.29, 0.717) is 36.7 Å². The Hall–Kier alpha value is -0.190. The van der Waals surface area contributed by atoms with Crippen LogP contribution in [0.4, 0.5) is 4.39 Å². The Kier molecular flexibility index (Phi) is 7.40. The summed E-state index contributed by atoms with van der Waals surface area (Å²) in [6, 6.07) is 0. The van der Waals surface area contributed by atoms with Crippen LogP contribution in [0, 0.1) is 46.8 Å². The van der Waals surface area contributed by atoms with Gasteiger partial charge in [-0.3, -0.25) is 0 Å². The molecule has 4 heteroatoms. The van der Waals surface area contributed by atoms with Crippen LogP contribution in [0.1, 0.15) is 85.0 Å². The number of ether oxygens (including phenoxy) is 2. The van der Waals surface area contributed by atoms with E-state index in [4.69, 9.17) is 9.47 Å². The lowest BCUT2D eigenvalue weighted by molar-refractivity contribution is -0.120. The summed E-state index contributed by atoms with van der Waals surface area (Å²) >= 11 is 0. The maximum atomic E-state index is 13.4. The maximum Gasteiger partial charge on any atom is 0.118 e. The van der Waals surface area contributed by atoms with E-state index in [1.54, 1.807) is 7.11 Å². The smallest absolute Gasteiger partial charge is 0.118 e. The molecule has 0 spiro atoms. The van der Waals surface area contributed by atoms with Gasteiger partial charge in [0.15, 0.2) is 0 Å². The summed E-state index contributed by atoms with van der Waals surface area (Å²) in [5, 5.41) is 10.6. The van der Waals surface area contributed by atoms with Crippen molar-refractivity contribution < 1.29 is 19.0 Å². The standard InChI is InChI=1S/C27H47FO3/c1-5-14-31-25(16-30-4)18(2)23-8-9-24-22-7-6-19-15-27(29,17-28)13-11-20(19)21(22)10-12-26(23,24)3/h18-25,29H,5-17H2,1-4H3/t18-,19+,20-,21+,22+,23+,24-,25+,26+,27+/m0/s1. The third-order valence-electron chi connectivity index (χ3n) is 10.5. The molecule has 1 N–H and O–H groups in total. The van der Waals surface area contributed by atoms with Gasteiger partial charge in [0.05, 0.1) is 18.3 Å². The van der Waals surface area contributed by atoms with Crippen molar-refractivity contribution in [1.29, 1.82) is 0 Å². The van der Waals surface area contributed by atoms with Crippen LogP contribution in [0.5, 0.6) is 0 Å². The first-order valence-electron chi connectivity index (χ1n) is 13.3. The van der Waals surface area contributed by atoms with Gasteiger partial charge in [0, 0.05) is 13.7 Å². The molecule has 4 aliphatic carbocycles. The highest BCUT2D eigenvalue weighted by Gasteiger charge is 2.59. The van der Waals surface area contributed by atoms with E-state index in [9.17, 15) is 9.50 Å². The van der Waals surface area contributed by atoms with Crippen molar-refractivity contribution in [1.82, 2.24) is 0 Å². The molecule has 0 heterocycles. The second-order valence-electron chi connectivity index (χ2n) is 12.0. The first-order valence-corrected chi connectivity index (χ1v) is 13.3. The predicted octanol–water partition coefficient (Wildman–Crippen LogP) is 6.03. The van der Waals surface area contributed by atoms with Gasteiger partial charge in [0.1, 0.15) is 6.67 Å². The molecule has 0 unspecified atom stereocenters. The summed E-state index contributed by atoms with van der Waals surface area (Å²) in [5.74, 6) is 4.99. The van der Waals surface area contributed by atoms with Crippen molar-refractivity contribution in [2.45, 2.75) is 96.7 Å². The Balaban J connectivity index is 1.46. The molecule has 0 aromatic rings. The average Bonchev–Trinajstić information content (AvgIpc) is 3.13. The minimum Gasteiger partial charge on any atom is -0.387 e. The summed E-state index contributed by atoms with van der Waals surface area (Å²) in [7, 11) is 1.80. The Bertz CT molecular complexity index is 599. The minimum atomic E-state index is -1.03. The normalized spacial score (nSPS) is 46.6. The van der Waals surface area contributed by atoms with Crippen LogP contribution >= 0.6 is 0 Å². The largest absolute Gasteiger partial charge is 0.387 e. The van der Waals surface area contributed by atoms with Gasteiger partial charge in [0.25, 0.3) is 0 Å². The van der Waals surface area contributed by atoms with E-state index in [1.165, 1.54) is 38.5 Å². The van der Waals surface area contributed by atoms with Gasteiger partial charge in [-0.2, -0.15) is 0 Å². The van der Waals surface area contributed by atoms with Crippen molar-refractivity contribution in [3.8, 4) is 0 Å². The molecule has 0 aromatic heterocycles. The first-order chi connectivity index (χ1) is 14.9. The Morgan fingerprint density at radius 3 is 2.52 bits per heavy atom. The fourth-order valence-corrected chi connectivity index (χ4v) is 9.03. The van der Waals surface area contributed by atoms with Crippen LogP contribution in [-0.2, 0) is 9.47 Å². The van der Waals surface area contributed by atoms with Crippen LogP contribution in [0.15, 0.2) is 0 Å². The first kappa shape index (κ1) is 24.0. The zero-order valence-corrected chi connectivity index (χ0v) is 20.5. The lowest BCUT2D eigenvalue weighted by atomic mass is 9.48.